The molecule has 0 unspecified atom stereocenters. The van der Waals surface area contributed by atoms with Gasteiger partial charge in [-0.05, 0) is 19.9 Å². The highest BCUT2D eigenvalue weighted by Crippen LogP contribution is 2.30. The van der Waals surface area contributed by atoms with Crippen molar-refractivity contribution in [2.75, 3.05) is 18.5 Å². The Morgan fingerprint density at radius 3 is 2.26 bits per heavy atom. The van der Waals surface area contributed by atoms with Crippen molar-refractivity contribution in [3.8, 4) is 5.88 Å². The second-order valence-corrected chi connectivity index (χ2v) is 4.56. The van der Waals surface area contributed by atoms with Crippen molar-refractivity contribution >= 4 is 16.7 Å². The van der Waals surface area contributed by atoms with Crippen LogP contribution in [0.1, 0.15) is 59.5 Å². The molecule has 3 rings (SSSR count). The molecule has 5 heteroatoms. The molecule has 23 heavy (non-hydrogen) atoms. The fourth-order valence-electron chi connectivity index (χ4n) is 1.91. The molecule has 0 atom stereocenters. The number of pyridine rings is 1. The molecule has 130 valence electrons. The summed E-state index contributed by atoms with van der Waals surface area (Å²) in [7, 11) is 0. The monoisotopic (exact) mass is 320 g/mol. The van der Waals surface area contributed by atoms with Crippen LogP contribution in [0.2, 0.25) is 0 Å². The Kier molecular flexibility index (Phi) is 10.7. The molecule has 0 spiro atoms. The Hall–Kier alpha value is -1.91. The molecule has 2 aromatic rings. The molecule has 0 radical (unpaired) electrons. The summed E-state index contributed by atoms with van der Waals surface area (Å²) in [5.74, 6) is 2.21. The van der Waals surface area contributed by atoms with Gasteiger partial charge in [-0.15, -0.1) is 0 Å². The summed E-state index contributed by atoms with van der Waals surface area (Å²) < 4.78 is 5.59. The van der Waals surface area contributed by atoms with Gasteiger partial charge in [-0.25, -0.2) is 15.0 Å². The fourth-order valence-corrected chi connectivity index (χ4v) is 1.91. The van der Waals surface area contributed by atoms with E-state index in [1.165, 1.54) is 6.42 Å². The molecule has 1 aliphatic heterocycles. The third-order valence-corrected chi connectivity index (χ3v) is 2.52. The highest BCUT2D eigenvalue weighted by molar-refractivity contribution is 5.93. The molecule has 0 aromatic carbocycles. The third kappa shape index (κ3) is 6.00. The molecule has 0 saturated heterocycles. The van der Waals surface area contributed by atoms with E-state index in [0.29, 0.717) is 12.5 Å². The average Bonchev–Trinajstić information content (AvgIpc) is 2.74. The minimum Gasteiger partial charge on any atom is -0.475 e. The fraction of sp³-hybridized carbons (Fsp3) is 0.611. The number of rotatable bonds is 0. The van der Waals surface area contributed by atoms with Crippen molar-refractivity contribution in [2.45, 2.75) is 61.8 Å². The van der Waals surface area contributed by atoms with E-state index in [2.05, 4.69) is 34.1 Å². The maximum Gasteiger partial charge on any atom is 0.227 e. The van der Waals surface area contributed by atoms with Crippen LogP contribution in [0.15, 0.2) is 6.07 Å². The summed E-state index contributed by atoms with van der Waals surface area (Å²) in [5.41, 5.74) is 1.80. The first-order valence-corrected chi connectivity index (χ1v) is 8.68. The van der Waals surface area contributed by atoms with Crippen LogP contribution in [-0.4, -0.2) is 28.1 Å². The van der Waals surface area contributed by atoms with Crippen molar-refractivity contribution < 1.29 is 4.74 Å². The lowest BCUT2D eigenvalue weighted by Crippen LogP contribution is -2.09. The predicted octanol–water partition coefficient (Wildman–Crippen LogP) is 4.91. The van der Waals surface area contributed by atoms with Crippen LogP contribution in [-0.2, 0) is 0 Å². The number of aromatic nitrogens is 3. The van der Waals surface area contributed by atoms with Gasteiger partial charge >= 0.3 is 0 Å². The second kappa shape index (κ2) is 11.6. The van der Waals surface area contributed by atoms with Crippen molar-refractivity contribution in [3.05, 3.63) is 17.6 Å². The third-order valence-electron chi connectivity index (χ3n) is 2.52. The van der Waals surface area contributed by atoms with E-state index in [0.717, 1.165) is 34.8 Å². The quantitative estimate of drug-likeness (QED) is 0.747. The summed E-state index contributed by atoms with van der Waals surface area (Å²) >= 11 is 0. The zero-order valence-corrected chi connectivity index (χ0v) is 15.9. The van der Waals surface area contributed by atoms with Gasteiger partial charge in [0.15, 0.2) is 0 Å². The van der Waals surface area contributed by atoms with Gasteiger partial charge in [0.25, 0.3) is 0 Å². The Labute approximate surface area is 140 Å². The maximum atomic E-state index is 5.59. The van der Waals surface area contributed by atoms with E-state index < -0.39 is 0 Å². The van der Waals surface area contributed by atoms with Crippen LogP contribution in [0.5, 0.6) is 5.88 Å². The molecule has 2 aromatic heterocycles. The van der Waals surface area contributed by atoms with Crippen molar-refractivity contribution in [3.63, 3.8) is 0 Å². The van der Waals surface area contributed by atoms with E-state index in [4.69, 9.17) is 4.74 Å². The van der Waals surface area contributed by atoms with Crippen molar-refractivity contribution in [2.24, 2.45) is 0 Å². The Morgan fingerprint density at radius 1 is 1.04 bits per heavy atom. The van der Waals surface area contributed by atoms with Crippen LogP contribution < -0.4 is 10.1 Å². The number of nitrogens with zero attached hydrogens (tertiary/aromatic N) is 3. The molecule has 0 amide bonds. The Morgan fingerprint density at radius 2 is 1.65 bits per heavy atom. The molecule has 5 nitrogen and oxygen atoms in total. The summed E-state index contributed by atoms with van der Waals surface area (Å²) in [4.78, 5) is 13.2. The molecular weight excluding hydrogens is 288 g/mol. The lowest BCUT2D eigenvalue weighted by atomic mass is 10.2. The first-order valence-electron chi connectivity index (χ1n) is 8.68. The molecule has 3 heterocycles. The molecule has 0 bridgehead atoms. The largest absolute Gasteiger partial charge is 0.475 e. The average molecular weight is 320 g/mol. The molecular formula is C18H32N4O. The van der Waals surface area contributed by atoms with Crippen LogP contribution in [0.25, 0.3) is 10.9 Å². The summed E-state index contributed by atoms with van der Waals surface area (Å²) in [6.45, 7) is 17.4. The smallest absolute Gasteiger partial charge is 0.227 e. The first-order chi connectivity index (χ1) is 11.2. The standard InChI is InChI=1S/C11H12N4O.C3H8.2C2H6/c1-6-5-8-9-10(15-7(2)14-8)12-3-4-16-11(9)13-6;1-3-2;2*1-2/h5H,3-4H2,1-2H3,(H,12,14,15);3H2,1-2H3;2*1-2H3. The number of hydrogen-bond acceptors (Lipinski definition) is 5. The number of nitrogens with one attached hydrogen (secondary N) is 1. The van der Waals surface area contributed by atoms with Crippen LogP contribution in [0.4, 0.5) is 5.82 Å². The van der Waals surface area contributed by atoms with E-state index in [1.54, 1.807) is 0 Å². The zero-order chi connectivity index (χ0) is 17.8. The van der Waals surface area contributed by atoms with E-state index in [9.17, 15) is 0 Å². The Bertz CT molecular complexity index is 538. The molecule has 1 N–H and O–H groups in total. The van der Waals surface area contributed by atoms with Gasteiger partial charge in [0.05, 0.1) is 12.1 Å². The summed E-state index contributed by atoms with van der Waals surface area (Å²) in [6.07, 6.45) is 1.25. The summed E-state index contributed by atoms with van der Waals surface area (Å²) in [6, 6.07) is 1.95. The maximum absolute atomic E-state index is 5.59. The summed E-state index contributed by atoms with van der Waals surface area (Å²) in [5, 5.41) is 4.12. The molecule has 0 saturated carbocycles. The van der Waals surface area contributed by atoms with Gasteiger partial charge < -0.3 is 10.1 Å². The normalized spacial score (nSPS) is 11.1. The SMILES string of the molecule is CC.CC.CCC.Cc1cc2nc(C)nc3c2c(n1)OCCN3. The molecule has 0 fully saturated rings. The molecule has 0 aliphatic carbocycles. The number of ether oxygens (including phenoxy) is 1. The zero-order valence-electron chi connectivity index (χ0n) is 15.9. The predicted molar refractivity (Wildman–Crippen MR) is 99.5 cm³/mol. The van der Waals surface area contributed by atoms with E-state index >= 15 is 0 Å². The number of anilines is 1. The van der Waals surface area contributed by atoms with Crippen molar-refractivity contribution in [1.82, 2.24) is 15.0 Å². The second-order valence-electron chi connectivity index (χ2n) is 4.56. The number of aryl methyl sites for hydroxylation is 2. The lowest BCUT2D eigenvalue weighted by molar-refractivity contribution is 0.326. The van der Waals surface area contributed by atoms with Crippen LogP contribution in [0, 0.1) is 13.8 Å². The van der Waals surface area contributed by atoms with Crippen molar-refractivity contribution in [1.29, 1.82) is 0 Å². The van der Waals surface area contributed by atoms with Gasteiger partial charge in [0.2, 0.25) is 5.88 Å². The van der Waals surface area contributed by atoms with Crippen LogP contribution in [0.3, 0.4) is 0 Å². The first kappa shape index (κ1) is 21.1. The van der Waals surface area contributed by atoms with E-state index in [-0.39, 0.29) is 0 Å². The molecule has 1 aliphatic rings. The highest BCUT2D eigenvalue weighted by Gasteiger charge is 2.16. The van der Waals surface area contributed by atoms with Gasteiger partial charge in [0, 0.05) is 5.69 Å². The van der Waals surface area contributed by atoms with E-state index in [1.807, 2.05) is 47.6 Å². The van der Waals surface area contributed by atoms with Gasteiger partial charge in [-0.2, -0.15) is 0 Å². The highest BCUT2D eigenvalue weighted by atomic mass is 16.5. The van der Waals surface area contributed by atoms with Crippen LogP contribution >= 0.6 is 0 Å². The minimum atomic E-state index is 0.598. The van der Waals surface area contributed by atoms with Gasteiger partial charge in [-0.1, -0.05) is 48.0 Å². The Balaban J connectivity index is 0.000000609. The lowest BCUT2D eigenvalue weighted by Gasteiger charge is -2.07. The van der Waals surface area contributed by atoms with Gasteiger partial charge in [-0.3, -0.25) is 0 Å². The minimum absolute atomic E-state index is 0.598. The van der Waals surface area contributed by atoms with Gasteiger partial charge in [0.1, 0.15) is 23.6 Å². The number of hydrogen-bond donors (Lipinski definition) is 1. The topological polar surface area (TPSA) is 59.9 Å².